The lowest BCUT2D eigenvalue weighted by Crippen LogP contribution is -2.21. The molecule has 3 unspecified atom stereocenters. The second kappa shape index (κ2) is 2.67. The van der Waals surface area contributed by atoms with E-state index in [2.05, 4.69) is 20.8 Å². The van der Waals surface area contributed by atoms with Gasteiger partial charge in [0.1, 0.15) is 0 Å². The summed E-state index contributed by atoms with van der Waals surface area (Å²) in [6, 6.07) is 0.551. The summed E-state index contributed by atoms with van der Waals surface area (Å²) in [6.45, 7) is 8.37. The molecule has 0 aliphatic carbocycles. The van der Waals surface area contributed by atoms with Crippen LogP contribution in [0.1, 0.15) is 27.2 Å². The van der Waals surface area contributed by atoms with Gasteiger partial charge in [-0.3, -0.25) is 4.84 Å². The van der Waals surface area contributed by atoms with Crippen LogP contribution in [0.25, 0.3) is 0 Å². The van der Waals surface area contributed by atoms with E-state index >= 15 is 0 Å². The van der Waals surface area contributed by atoms with Crippen molar-refractivity contribution in [3.63, 3.8) is 0 Å². The molecule has 0 aromatic heterocycles. The Bertz CT molecular complexity index is 90.9. The van der Waals surface area contributed by atoms with Gasteiger partial charge in [0.25, 0.3) is 0 Å². The molecule has 2 nitrogen and oxygen atoms in total. The lowest BCUT2D eigenvalue weighted by atomic mass is 10.0. The standard InChI is InChI=1S/C7H14NO/c1-4-6(2)7(3)8-5-9-8/h5-7H,4H2,1-3H3. The Morgan fingerprint density at radius 1 is 1.56 bits per heavy atom. The van der Waals surface area contributed by atoms with E-state index in [0.717, 1.165) is 5.92 Å². The van der Waals surface area contributed by atoms with Crippen molar-refractivity contribution >= 4 is 0 Å². The molecule has 1 aliphatic heterocycles. The Hall–Kier alpha value is -0.0800. The largest absolute Gasteiger partial charge is 0.270 e. The summed E-state index contributed by atoms with van der Waals surface area (Å²) in [5.74, 6) is 0.726. The van der Waals surface area contributed by atoms with Crippen LogP contribution in [0.2, 0.25) is 0 Å². The molecular weight excluding hydrogens is 114 g/mol. The summed E-state index contributed by atoms with van der Waals surface area (Å²) >= 11 is 0. The first-order chi connectivity index (χ1) is 4.25. The topological polar surface area (TPSA) is 15.5 Å². The Balaban J connectivity index is 2.22. The average molecular weight is 128 g/mol. The van der Waals surface area contributed by atoms with Crippen LogP contribution in [-0.2, 0) is 4.84 Å². The third-order valence-corrected chi connectivity index (χ3v) is 2.10. The summed E-state index contributed by atoms with van der Waals surface area (Å²) in [5, 5.41) is 1.90. The van der Waals surface area contributed by atoms with Gasteiger partial charge in [0, 0.05) is 6.04 Å². The predicted molar refractivity (Wildman–Crippen MR) is 36.1 cm³/mol. The first kappa shape index (κ1) is 7.03. The van der Waals surface area contributed by atoms with E-state index in [1.54, 1.807) is 6.73 Å². The second-order valence-corrected chi connectivity index (χ2v) is 2.70. The van der Waals surface area contributed by atoms with Crippen LogP contribution in [0.3, 0.4) is 0 Å². The number of rotatable bonds is 3. The molecule has 0 aromatic carbocycles. The van der Waals surface area contributed by atoms with Gasteiger partial charge in [-0.25, -0.2) is 0 Å². The minimum Gasteiger partial charge on any atom is -0.270 e. The molecule has 53 valence electrons. The normalized spacial score (nSPS) is 31.7. The van der Waals surface area contributed by atoms with Gasteiger partial charge in [-0.1, -0.05) is 20.3 Å². The fourth-order valence-corrected chi connectivity index (χ4v) is 0.811. The Kier molecular flexibility index (Phi) is 2.09. The number of nitrogens with zero attached hydrogens (tertiary/aromatic N) is 1. The average Bonchev–Trinajstić information content (AvgIpc) is 2.66. The van der Waals surface area contributed by atoms with Crippen molar-refractivity contribution in [1.82, 2.24) is 5.06 Å². The summed E-state index contributed by atoms with van der Waals surface area (Å²) in [5.41, 5.74) is 0. The molecule has 1 heterocycles. The molecule has 1 fully saturated rings. The molecule has 0 amide bonds. The monoisotopic (exact) mass is 128 g/mol. The van der Waals surface area contributed by atoms with Crippen LogP contribution in [0, 0.1) is 12.6 Å². The fourth-order valence-electron chi connectivity index (χ4n) is 0.811. The maximum absolute atomic E-state index is 4.90. The first-order valence-corrected chi connectivity index (χ1v) is 3.54. The zero-order valence-corrected chi connectivity index (χ0v) is 6.29. The second-order valence-electron chi connectivity index (χ2n) is 2.70. The van der Waals surface area contributed by atoms with Crippen molar-refractivity contribution in [2.75, 3.05) is 0 Å². The van der Waals surface area contributed by atoms with Crippen LogP contribution in [-0.4, -0.2) is 11.1 Å². The minimum atomic E-state index is 0.551. The number of hydrogen-bond donors (Lipinski definition) is 0. The summed E-state index contributed by atoms with van der Waals surface area (Å²) < 4.78 is 0. The Morgan fingerprint density at radius 2 is 2.11 bits per heavy atom. The van der Waals surface area contributed by atoms with Crippen molar-refractivity contribution in [1.29, 1.82) is 0 Å². The number of hydroxylamine groups is 2. The quantitative estimate of drug-likeness (QED) is 0.538. The van der Waals surface area contributed by atoms with E-state index < -0.39 is 0 Å². The molecule has 1 saturated heterocycles. The summed E-state index contributed by atoms with van der Waals surface area (Å²) in [7, 11) is 0. The van der Waals surface area contributed by atoms with Crippen LogP contribution in [0.5, 0.6) is 0 Å². The van der Waals surface area contributed by atoms with Gasteiger partial charge < -0.3 is 0 Å². The molecule has 0 bridgehead atoms. The van der Waals surface area contributed by atoms with Crippen LogP contribution in [0.15, 0.2) is 0 Å². The third-order valence-electron chi connectivity index (χ3n) is 2.10. The van der Waals surface area contributed by atoms with Crippen molar-refractivity contribution < 1.29 is 4.84 Å². The zero-order chi connectivity index (χ0) is 6.85. The highest BCUT2D eigenvalue weighted by atomic mass is 16.8. The van der Waals surface area contributed by atoms with E-state index in [0.29, 0.717) is 6.04 Å². The highest BCUT2D eigenvalue weighted by molar-refractivity contribution is 4.74. The lowest BCUT2D eigenvalue weighted by Gasteiger charge is -2.15. The molecular formula is C7H14NO. The lowest BCUT2D eigenvalue weighted by molar-refractivity contribution is 0.121. The van der Waals surface area contributed by atoms with E-state index in [9.17, 15) is 0 Å². The predicted octanol–water partition coefficient (Wildman–Crippen LogP) is 1.79. The van der Waals surface area contributed by atoms with Gasteiger partial charge >= 0.3 is 0 Å². The highest BCUT2D eigenvalue weighted by Crippen LogP contribution is 2.24. The van der Waals surface area contributed by atoms with Crippen molar-refractivity contribution in [2.24, 2.45) is 5.92 Å². The number of hydrogen-bond acceptors (Lipinski definition) is 2. The summed E-state index contributed by atoms with van der Waals surface area (Å²) in [6.07, 6.45) is 1.22. The SMILES string of the molecule is CCC(C)C(C)N1[CH]O1. The molecule has 1 aliphatic rings. The minimum absolute atomic E-state index is 0.551. The smallest absolute Gasteiger partial charge is 0.198 e. The summed E-state index contributed by atoms with van der Waals surface area (Å²) in [4.78, 5) is 4.90. The zero-order valence-electron chi connectivity index (χ0n) is 6.29. The molecule has 0 spiro atoms. The van der Waals surface area contributed by atoms with Crippen molar-refractivity contribution in [3.8, 4) is 0 Å². The van der Waals surface area contributed by atoms with Crippen molar-refractivity contribution in [2.45, 2.75) is 33.2 Å². The first-order valence-electron chi connectivity index (χ1n) is 3.54. The van der Waals surface area contributed by atoms with E-state index in [1.807, 2.05) is 5.06 Å². The van der Waals surface area contributed by atoms with Gasteiger partial charge in [-0.2, -0.15) is 0 Å². The van der Waals surface area contributed by atoms with Crippen LogP contribution < -0.4 is 0 Å². The molecule has 9 heavy (non-hydrogen) atoms. The van der Waals surface area contributed by atoms with Crippen LogP contribution in [0.4, 0.5) is 0 Å². The molecule has 1 radical (unpaired) electrons. The van der Waals surface area contributed by atoms with Crippen LogP contribution >= 0.6 is 0 Å². The third kappa shape index (κ3) is 1.66. The maximum atomic E-state index is 4.90. The molecule has 0 N–H and O–H groups in total. The van der Waals surface area contributed by atoms with Gasteiger partial charge in [-0.15, -0.1) is 5.06 Å². The Labute approximate surface area is 56.8 Å². The molecule has 2 heteroatoms. The van der Waals surface area contributed by atoms with Gasteiger partial charge in [0.15, 0.2) is 6.73 Å². The van der Waals surface area contributed by atoms with E-state index in [1.165, 1.54) is 6.42 Å². The van der Waals surface area contributed by atoms with Gasteiger partial charge in [0.05, 0.1) is 0 Å². The van der Waals surface area contributed by atoms with Crippen molar-refractivity contribution in [3.05, 3.63) is 6.73 Å². The fraction of sp³-hybridized carbons (Fsp3) is 0.857. The molecule has 3 atom stereocenters. The van der Waals surface area contributed by atoms with Gasteiger partial charge in [-0.05, 0) is 12.8 Å². The Morgan fingerprint density at radius 3 is 2.44 bits per heavy atom. The van der Waals surface area contributed by atoms with E-state index in [4.69, 9.17) is 4.84 Å². The van der Waals surface area contributed by atoms with Gasteiger partial charge in [0.2, 0.25) is 0 Å². The molecule has 1 rings (SSSR count). The highest BCUT2D eigenvalue weighted by Gasteiger charge is 2.29. The molecule has 0 aromatic rings. The molecule has 0 saturated carbocycles. The maximum Gasteiger partial charge on any atom is 0.198 e. The van der Waals surface area contributed by atoms with E-state index in [-0.39, 0.29) is 0 Å².